The lowest BCUT2D eigenvalue weighted by Crippen LogP contribution is -2.61. The molecule has 1 aromatic carbocycles. The Labute approximate surface area is 242 Å². The van der Waals surface area contributed by atoms with Crippen LogP contribution in [0.3, 0.4) is 0 Å². The molecular weight excluding hydrogens is 568 g/mol. The molecule has 3 atom stereocenters. The van der Waals surface area contributed by atoms with Gasteiger partial charge in [-0.3, -0.25) is 9.59 Å². The van der Waals surface area contributed by atoms with Crippen LogP contribution in [-0.4, -0.2) is 60.0 Å². The second-order valence-electron chi connectivity index (χ2n) is 12.4. The van der Waals surface area contributed by atoms with E-state index in [1.807, 2.05) is 0 Å². The van der Waals surface area contributed by atoms with Gasteiger partial charge in [0.15, 0.2) is 0 Å². The highest BCUT2D eigenvalue weighted by Crippen LogP contribution is 2.40. The van der Waals surface area contributed by atoms with E-state index in [0.717, 1.165) is 0 Å². The minimum absolute atomic E-state index is 0.0148. The van der Waals surface area contributed by atoms with Crippen molar-refractivity contribution in [2.24, 2.45) is 11.3 Å². The summed E-state index contributed by atoms with van der Waals surface area (Å²) in [5.74, 6) is -2.76. The molecule has 0 spiro atoms. The Kier molecular flexibility index (Phi) is 11.5. The highest BCUT2D eigenvalue weighted by molar-refractivity contribution is 5.91. The van der Waals surface area contributed by atoms with E-state index in [2.05, 4.69) is 10.6 Å². The summed E-state index contributed by atoms with van der Waals surface area (Å²) < 4.78 is 81.2. The first kappa shape index (κ1) is 36.9. The van der Waals surface area contributed by atoms with E-state index < -0.39 is 70.2 Å². The molecule has 7 nitrogen and oxygen atoms in total. The van der Waals surface area contributed by atoms with Gasteiger partial charge in [0.05, 0.1) is 23.2 Å². The van der Waals surface area contributed by atoms with Crippen molar-refractivity contribution in [2.75, 3.05) is 14.1 Å². The number of carboxylic acid groups (broad SMARTS) is 1. The molecule has 0 saturated carbocycles. The van der Waals surface area contributed by atoms with Gasteiger partial charge in [0.1, 0.15) is 6.04 Å². The first-order valence-corrected chi connectivity index (χ1v) is 13.2. The molecule has 1 aromatic rings. The molecule has 0 bridgehead atoms. The summed E-state index contributed by atoms with van der Waals surface area (Å²) in [6.45, 7) is 12.6. The van der Waals surface area contributed by atoms with Gasteiger partial charge < -0.3 is 20.6 Å². The second kappa shape index (κ2) is 13.0. The summed E-state index contributed by atoms with van der Waals surface area (Å²) in [7, 11) is 2.79. The van der Waals surface area contributed by atoms with Gasteiger partial charge in [-0.25, -0.2) is 4.79 Å². The van der Waals surface area contributed by atoms with Crippen molar-refractivity contribution in [2.45, 2.75) is 91.3 Å². The maximum atomic E-state index is 13.7. The molecule has 0 unspecified atom stereocenters. The number of hydrogen-bond acceptors (Lipinski definition) is 4. The number of rotatable bonds is 10. The largest absolute Gasteiger partial charge is 0.478 e. The molecule has 0 aliphatic carbocycles. The number of carbonyl (C=O) groups excluding carboxylic acids is 2. The van der Waals surface area contributed by atoms with Crippen molar-refractivity contribution in [1.82, 2.24) is 15.5 Å². The Morgan fingerprint density at radius 3 is 1.62 bits per heavy atom. The van der Waals surface area contributed by atoms with Crippen molar-refractivity contribution in [3.05, 3.63) is 46.5 Å². The van der Waals surface area contributed by atoms with Gasteiger partial charge in [-0.15, -0.1) is 0 Å². The standard InChI is InChI=1S/C29H41F6N3O4/c1-15(2)20(11-16(3)25(41)42)38(10)24(40)22(26(4,5)6)37-23(39)21(36-9)27(7,8)17-12-18(28(30,31)32)14-19(13-17)29(33,34)35/h11-15,20-22,36H,1-10H3,(H,37,39)(H,41,42)/t20-,21+,22-/m1/s1. The van der Waals surface area contributed by atoms with E-state index in [1.165, 1.54) is 45.8 Å². The van der Waals surface area contributed by atoms with Crippen LogP contribution in [0.1, 0.15) is 72.1 Å². The lowest BCUT2D eigenvalue weighted by atomic mass is 9.75. The smallest absolute Gasteiger partial charge is 0.416 e. The van der Waals surface area contributed by atoms with Crippen molar-refractivity contribution in [3.63, 3.8) is 0 Å². The maximum Gasteiger partial charge on any atom is 0.416 e. The van der Waals surface area contributed by atoms with Crippen LogP contribution in [-0.2, 0) is 32.2 Å². The van der Waals surface area contributed by atoms with E-state index in [4.69, 9.17) is 0 Å². The second-order valence-corrected chi connectivity index (χ2v) is 12.4. The Morgan fingerprint density at radius 1 is 0.857 bits per heavy atom. The fourth-order valence-corrected chi connectivity index (χ4v) is 4.62. The zero-order chi connectivity index (χ0) is 33.2. The first-order chi connectivity index (χ1) is 18.8. The molecular formula is C29H41F6N3O4. The predicted octanol–water partition coefficient (Wildman–Crippen LogP) is 5.63. The predicted molar refractivity (Wildman–Crippen MR) is 146 cm³/mol. The van der Waals surface area contributed by atoms with Crippen LogP contribution >= 0.6 is 0 Å². The molecule has 0 aromatic heterocycles. The molecule has 2 amide bonds. The number of amides is 2. The Balaban J connectivity index is 3.58. The molecule has 42 heavy (non-hydrogen) atoms. The summed E-state index contributed by atoms with van der Waals surface area (Å²) in [5, 5.41) is 14.6. The van der Waals surface area contributed by atoms with Crippen LogP contribution in [0.25, 0.3) is 0 Å². The number of aliphatic carboxylic acids is 1. The van der Waals surface area contributed by atoms with Crippen molar-refractivity contribution >= 4 is 17.8 Å². The van der Waals surface area contributed by atoms with Crippen LogP contribution in [0.5, 0.6) is 0 Å². The van der Waals surface area contributed by atoms with E-state index in [-0.39, 0.29) is 23.1 Å². The van der Waals surface area contributed by atoms with Gasteiger partial charge in [0, 0.05) is 18.0 Å². The number of likely N-dealkylation sites (N-methyl/N-ethyl adjacent to an activating group) is 2. The highest BCUT2D eigenvalue weighted by atomic mass is 19.4. The molecule has 0 saturated heterocycles. The number of benzene rings is 1. The third-order valence-electron chi connectivity index (χ3n) is 7.24. The molecule has 3 N–H and O–H groups in total. The number of carboxylic acids is 1. The minimum Gasteiger partial charge on any atom is -0.478 e. The van der Waals surface area contributed by atoms with Crippen LogP contribution in [0.4, 0.5) is 26.3 Å². The Hall–Kier alpha value is -3.09. The third kappa shape index (κ3) is 8.95. The van der Waals surface area contributed by atoms with Crippen LogP contribution in [0.2, 0.25) is 0 Å². The molecule has 0 aliphatic heterocycles. The quantitative estimate of drug-likeness (QED) is 0.236. The van der Waals surface area contributed by atoms with Gasteiger partial charge in [0.25, 0.3) is 0 Å². The number of hydrogen-bond donors (Lipinski definition) is 3. The van der Waals surface area contributed by atoms with Gasteiger partial charge in [0.2, 0.25) is 11.8 Å². The molecule has 13 heteroatoms. The highest BCUT2D eigenvalue weighted by Gasteiger charge is 2.44. The molecule has 0 radical (unpaired) electrons. The fraction of sp³-hybridized carbons (Fsp3) is 0.621. The SMILES string of the molecule is CN[C@@H](C(=O)N[C@H](C(=O)N(C)[C@H](C=C(C)C(=O)O)C(C)C)C(C)(C)C)C(C)(C)c1cc(C(F)(F)F)cc(C(F)(F)F)c1. The van der Waals surface area contributed by atoms with Gasteiger partial charge >= 0.3 is 18.3 Å². The van der Waals surface area contributed by atoms with Crippen molar-refractivity contribution in [1.29, 1.82) is 0 Å². The van der Waals surface area contributed by atoms with E-state index in [1.54, 1.807) is 34.6 Å². The van der Waals surface area contributed by atoms with Crippen LogP contribution in [0.15, 0.2) is 29.8 Å². The van der Waals surface area contributed by atoms with Gasteiger partial charge in [-0.2, -0.15) is 26.3 Å². The van der Waals surface area contributed by atoms with Crippen molar-refractivity contribution < 1.29 is 45.8 Å². The number of carbonyl (C=O) groups is 3. The van der Waals surface area contributed by atoms with E-state index >= 15 is 0 Å². The Morgan fingerprint density at radius 2 is 1.29 bits per heavy atom. The summed E-state index contributed by atoms with van der Waals surface area (Å²) in [5.41, 5.74) is -5.89. The fourth-order valence-electron chi connectivity index (χ4n) is 4.62. The normalized spacial score (nSPS) is 15.7. The topological polar surface area (TPSA) is 98.7 Å². The van der Waals surface area contributed by atoms with E-state index in [0.29, 0.717) is 12.1 Å². The minimum atomic E-state index is -5.07. The van der Waals surface area contributed by atoms with E-state index in [9.17, 15) is 45.8 Å². The monoisotopic (exact) mass is 609 g/mol. The zero-order valence-electron chi connectivity index (χ0n) is 25.5. The molecule has 0 aliphatic rings. The zero-order valence-corrected chi connectivity index (χ0v) is 25.5. The lowest BCUT2D eigenvalue weighted by molar-refractivity contribution is -0.143. The van der Waals surface area contributed by atoms with Crippen molar-refractivity contribution in [3.8, 4) is 0 Å². The third-order valence-corrected chi connectivity index (χ3v) is 7.24. The lowest BCUT2D eigenvalue weighted by Gasteiger charge is -2.40. The number of alkyl halides is 6. The average Bonchev–Trinajstić information content (AvgIpc) is 2.82. The summed E-state index contributed by atoms with van der Waals surface area (Å²) in [4.78, 5) is 40.1. The Bertz CT molecular complexity index is 1150. The number of halogens is 6. The summed E-state index contributed by atoms with van der Waals surface area (Å²) >= 11 is 0. The molecule has 0 fully saturated rings. The maximum absolute atomic E-state index is 13.7. The number of nitrogens with zero attached hydrogens (tertiary/aromatic N) is 1. The molecule has 0 heterocycles. The first-order valence-electron chi connectivity index (χ1n) is 13.2. The summed E-state index contributed by atoms with van der Waals surface area (Å²) in [6, 6.07) is -2.02. The summed E-state index contributed by atoms with van der Waals surface area (Å²) in [6.07, 6.45) is -8.71. The molecule has 1 rings (SSSR count). The van der Waals surface area contributed by atoms with Gasteiger partial charge in [-0.1, -0.05) is 54.5 Å². The van der Waals surface area contributed by atoms with Crippen LogP contribution in [0, 0.1) is 11.3 Å². The number of nitrogens with one attached hydrogen (secondary N) is 2. The molecule has 238 valence electrons. The van der Waals surface area contributed by atoms with Gasteiger partial charge in [-0.05, 0) is 49.1 Å². The van der Waals surface area contributed by atoms with Crippen LogP contribution < -0.4 is 10.6 Å². The average molecular weight is 610 g/mol.